The lowest BCUT2D eigenvalue weighted by atomic mass is 9.97. The highest BCUT2D eigenvalue weighted by atomic mass is 32.1. The van der Waals surface area contributed by atoms with Crippen LogP contribution in [-0.2, 0) is 6.42 Å². The Kier molecular flexibility index (Phi) is 5.78. The van der Waals surface area contributed by atoms with E-state index < -0.39 is 0 Å². The fraction of sp³-hybridized carbons (Fsp3) is 0.429. The number of hydrogen-bond acceptors (Lipinski definition) is 2. The number of hydrazone groups is 1. The Balaban J connectivity index is 2.51. The topological polar surface area (TPSA) is 50.4 Å². The third-order valence-corrected chi connectivity index (χ3v) is 2.80. The maximum Gasteiger partial charge on any atom is 0.184 e. The number of thiocarbonyl (C=S) groups is 1. The number of benzene rings is 1. The lowest BCUT2D eigenvalue weighted by Gasteiger charge is -2.09. The van der Waals surface area contributed by atoms with Crippen molar-refractivity contribution in [2.75, 3.05) is 0 Å². The van der Waals surface area contributed by atoms with Gasteiger partial charge in [-0.25, -0.2) is 0 Å². The molecule has 0 aliphatic carbocycles. The molecule has 1 aromatic rings. The normalized spacial score (nSPS) is 12.9. The Hall–Kier alpha value is -1.42. The second-order valence-electron chi connectivity index (χ2n) is 4.83. The zero-order valence-electron chi connectivity index (χ0n) is 11.2. The average Bonchev–Trinajstić information content (AvgIpc) is 2.29. The van der Waals surface area contributed by atoms with Crippen LogP contribution in [0.1, 0.15) is 37.8 Å². The van der Waals surface area contributed by atoms with E-state index in [0.717, 1.165) is 6.42 Å². The van der Waals surface area contributed by atoms with Gasteiger partial charge in [-0.3, -0.25) is 5.43 Å². The van der Waals surface area contributed by atoms with Gasteiger partial charge in [-0.05, 0) is 41.6 Å². The highest BCUT2D eigenvalue weighted by Crippen LogP contribution is 2.16. The Labute approximate surface area is 114 Å². The quantitative estimate of drug-likeness (QED) is 0.488. The van der Waals surface area contributed by atoms with Crippen LogP contribution in [0.4, 0.5) is 0 Å². The molecule has 0 fully saturated rings. The predicted octanol–water partition coefficient (Wildman–Crippen LogP) is 2.81. The first kappa shape index (κ1) is 14.6. The van der Waals surface area contributed by atoms with Gasteiger partial charge in [0, 0.05) is 6.21 Å². The molecule has 98 valence electrons. The number of nitrogens with one attached hydrogen (secondary N) is 1. The van der Waals surface area contributed by atoms with Gasteiger partial charge in [0.25, 0.3) is 0 Å². The molecule has 1 aromatic carbocycles. The summed E-state index contributed by atoms with van der Waals surface area (Å²) >= 11 is 4.67. The summed E-state index contributed by atoms with van der Waals surface area (Å²) in [5, 5.41) is 4.17. The molecule has 0 radical (unpaired) electrons. The third kappa shape index (κ3) is 5.27. The van der Waals surface area contributed by atoms with Crippen molar-refractivity contribution < 1.29 is 0 Å². The van der Waals surface area contributed by atoms with Crippen molar-refractivity contribution in [2.45, 2.75) is 33.1 Å². The third-order valence-electron chi connectivity index (χ3n) is 2.71. The van der Waals surface area contributed by atoms with Crippen LogP contribution in [0.2, 0.25) is 0 Å². The van der Waals surface area contributed by atoms with Gasteiger partial charge in [0.1, 0.15) is 0 Å². The highest BCUT2D eigenvalue weighted by molar-refractivity contribution is 7.80. The van der Waals surface area contributed by atoms with E-state index in [2.05, 4.69) is 67.8 Å². The molecule has 0 unspecified atom stereocenters. The fourth-order valence-electron chi connectivity index (χ4n) is 1.69. The van der Waals surface area contributed by atoms with Gasteiger partial charge in [0.15, 0.2) is 5.11 Å². The van der Waals surface area contributed by atoms with Crippen LogP contribution in [0.3, 0.4) is 0 Å². The molecule has 1 atom stereocenters. The summed E-state index contributed by atoms with van der Waals surface area (Å²) in [7, 11) is 0. The molecular formula is C14H21N3S. The molecule has 0 saturated heterocycles. The molecule has 0 bridgehead atoms. The van der Waals surface area contributed by atoms with Crippen LogP contribution in [0.5, 0.6) is 0 Å². The molecule has 0 saturated carbocycles. The summed E-state index contributed by atoms with van der Waals surface area (Å²) in [5.41, 5.74) is 10.5. The van der Waals surface area contributed by atoms with Gasteiger partial charge in [-0.1, -0.05) is 45.0 Å². The molecule has 3 nitrogen and oxygen atoms in total. The van der Waals surface area contributed by atoms with Crippen molar-refractivity contribution in [3.63, 3.8) is 0 Å². The predicted molar refractivity (Wildman–Crippen MR) is 81.8 cm³/mol. The molecule has 0 aliphatic heterocycles. The maximum absolute atomic E-state index is 5.28. The van der Waals surface area contributed by atoms with Gasteiger partial charge in [0.05, 0.1) is 0 Å². The minimum atomic E-state index is 0.194. The number of nitrogens with two attached hydrogens (primary N) is 1. The molecular weight excluding hydrogens is 242 g/mol. The molecule has 3 N–H and O–H groups in total. The van der Waals surface area contributed by atoms with Gasteiger partial charge in [-0.2, -0.15) is 5.10 Å². The summed E-state index contributed by atoms with van der Waals surface area (Å²) in [4.78, 5) is 0. The minimum absolute atomic E-state index is 0.194. The molecule has 4 heteroatoms. The Bertz CT molecular complexity index is 410. The van der Waals surface area contributed by atoms with Crippen molar-refractivity contribution in [1.29, 1.82) is 0 Å². The summed E-state index contributed by atoms with van der Waals surface area (Å²) in [6.07, 6.45) is 2.79. The smallest absolute Gasteiger partial charge is 0.184 e. The Morgan fingerprint density at radius 1 is 1.33 bits per heavy atom. The summed E-state index contributed by atoms with van der Waals surface area (Å²) in [6.45, 7) is 6.51. The van der Waals surface area contributed by atoms with E-state index in [1.165, 1.54) is 11.1 Å². The molecule has 0 amide bonds. The van der Waals surface area contributed by atoms with E-state index in [1.54, 1.807) is 0 Å². The summed E-state index contributed by atoms with van der Waals surface area (Å²) in [5.74, 6) is 0.921. The maximum atomic E-state index is 5.28. The first-order valence-corrected chi connectivity index (χ1v) is 6.57. The van der Waals surface area contributed by atoms with E-state index in [9.17, 15) is 0 Å². The van der Waals surface area contributed by atoms with E-state index in [-0.39, 0.29) is 5.11 Å². The average molecular weight is 263 g/mol. The van der Waals surface area contributed by atoms with Crippen LogP contribution < -0.4 is 11.2 Å². The number of rotatable bonds is 5. The second-order valence-corrected chi connectivity index (χ2v) is 5.27. The van der Waals surface area contributed by atoms with E-state index in [0.29, 0.717) is 11.8 Å². The van der Waals surface area contributed by atoms with E-state index in [1.807, 2.05) is 6.21 Å². The molecule has 18 heavy (non-hydrogen) atoms. The van der Waals surface area contributed by atoms with E-state index >= 15 is 0 Å². The zero-order chi connectivity index (χ0) is 13.5. The Morgan fingerprint density at radius 3 is 2.44 bits per heavy atom. The van der Waals surface area contributed by atoms with Gasteiger partial charge >= 0.3 is 0 Å². The second kappa shape index (κ2) is 7.11. The van der Waals surface area contributed by atoms with Crippen LogP contribution in [0, 0.1) is 5.92 Å². The molecule has 0 spiro atoms. The SMILES string of the molecule is CC(C)c1ccc(C[C@@H](C)/C=N/NC(N)=S)cc1. The van der Waals surface area contributed by atoms with Crippen LogP contribution in [0.25, 0.3) is 0 Å². The molecule has 0 heterocycles. The standard InChI is InChI=1S/C14H21N3S/c1-10(2)13-6-4-12(5-7-13)8-11(3)9-16-17-14(15)18/h4-7,9-11H,8H2,1-3H3,(H3,15,17,18)/b16-9+/t11-/m1/s1. The van der Waals surface area contributed by atoms with Gasteiger partial charge in [-0.15, -0.1) is 0 Å². The lowest BCUT2D eigenvalue weighted by molar-refractivity contribution is 0.772. The fourth-order valence-corrected chi connectivity index (χ4v) is 1.74. The van der Waals surface area contributed by atoms with Crippen molar-refractivity contribution in [2.24, 2.45) is 16.8 Å². The lowest BCUT2D eigenvalue weighted by Crippen LogP contribution is -2.24. The first-order valence-electron chi connectivity index (χ1n) is 6.16. The van der Waals surface area contributed by atoms with Crippen molar-refractivity contribution in [3.8, 4) is 0 Å². The summed E-state index contributed by atoms with van der Waals surface area (Å²) < 4.78 is 0. The van der Waals surface area contributed by atoms with Crippen molar-refractivity contribution in [3.05, 3.63) is 35.4 Å². The van der Waals surface area contributed by atoms with Crippen molar-refractivity contribution >= 4 is 23.5 Å². The van der Waals surface area contributed by atoms with Crippen LogP contribution >= 0.6 is 12.2 Å². The van der Waals surface area contributed by atoms with Crippen LogP contribution in [-0.4, -0.2) is 11.3 Å². The molecule has 0 aliphatic rings. The summed E-state index contributed by atoms with van der Waals surface area (Å²) in [6, 6.07) is 8.75. The monoisotopic (exact) mass is 263 g/mol. The zero-order valence-corrected chi connectivity index (χ0v) is 12.0. The van der Waals surface area contributed by atoms with Gasteiger partial charge in [0.2, 0.25) is 0 Å². The minimum Gasteiger partial charge on any atom is -0.375 e. The highest BCUT2D eigenvalue weighted by Gasteiger charge is 2.02. The largest absolute Gasteiger partial charge is 0.375 e. The number of nitrogens with zero attached hydrogens (tertiary/aromatic N) is 1. The van der Waals surface area contributed by atoms with Crippen molar-refractivity contribution in [1.82, 2.24) is 5.43 Å². The number of hydrogen-bond donors (Lipinski definition) is 2. The first-order chi connectivity index (χ1) is 8.49. The van der Waals surface area contributed by atoms with Crippen LogP contribution in [0.15, 0.2) is 29.4 Å². The molecule has 1 rings (SSSR count). The van der Waals surface area contributed by atoms with Gasteiger partial charge < -0.3 is 5.73 Å². The van der Waals surface area contributed by atoms with E-state index in [4.69, 9.17) is 5.73 Å². The Morgan fingerprint density at radius 2 is 1.94 bits per heavy atom. The molecule has 0 aromatic heterocycles.